The third-order valence-electron chi connectivity index (χ3n) is 7.94. The Morgan fingerprint density at radius 1 is 1.04 bits per heavy atom. The molecule has 0 unspecified atom stereocenters. The Morgan fingerprint density at radius 2 is 1.85 bits per heavy atom. The summed E-state index contributed by atoms with van der Waals surface area (Å²) in [5, 5.41) is 15.2. The summed E-state index contributed by atoms with van der Waals surface area (Å²) in [6.45, 7) is 6.38. The van der Waals surface area contributed by atoms with Gasteiger partial charge in [0, 0.05) is 48.0 Å². The van der Waals surface area contributed by atoms with Crippen LogP contribution in [0.1, 0.15) is 31.9 Å². The Morgan fingerprint density at radius 3 is 2.64 bits per heavy atom. The average Bonchev–Trinajstić information content (AvgIpc) is 3.46. The molecule has 13 heteroatoms. The SMILES string of the molecule is CC(C)(CCn1ccc2cc(OC(=O)OCCN3CCOCC3=O)ccc21)NC[C@H](O)c1cccc(NS(=O)(=O)c2ccccc2)c1. The number of morpholine rings is 1. The highest BCUT2D eigenvalue weighted by Gasteiger charge is 2.21. The Bertz CT molecular complexity index is 1790. The fourth-order valence-electron chi connectivity index (χ4n) is 5.19. The van der Waals surface area contributed by atoms with Crippen molar-refractivity contribution in [2.24, 2.45) is 0 Å². The smallest absolute Gasteiger partial charge is 0.432 e. The molecule has 1 aliphatic heterocycles. The number of aromatic nitrogens is 1. The zero-order valence-corrected chi connectivity index (χ0v) is 27.2. The Balaban J connectivity index is 1.09. The van der Waals surface area contributed by atoms with E-state index >= 15 is 0 Å². The van der Waals surface area contributed by atoms with Crippen LogP contribution in [0.4, 0.5) is 10.5 Å². The van der Waals surface area contributed by atoms with E-state index in [1.54, 1.807) is 59.5 Å². The first-order chi connectivity index (χ1) is 22.5. The second kappa shape index (κ2) is 15.0. The first-order valence-corrected chi connectivity index (χ1v) is 16.9. The molecule has 3 N–H and O–H groups in total. The molecule has 47 heavy (non-hydrogen) atoms. The monoisotopic (exact) mass is 664 g/mol. The molecule has 0 aliphatic carbocycles. The van der Waals surface area contributed by atoms with Crippen molar-refractivity contribution < 1.29 is 37.3 Å². The number of aliphatic hydroxyl groups is 1. The van der Waals surface area contributed by atoms with Crippen molar-refractivity contribution in [2.45, 2.75) is 43.4 Å². The summed E-state index contributed by atoms with van der Waals surface area (Å²) in [6.07, 6.45) is 1.03. The number of nitrogens with one attached hydrogen (secondary N) is 2. The molecule has 0 bridgehead atoms. The van der Waals surface area contributed by atoms with Crippen LogP contribution < -0.4 is 14.8 Å². The van der Waals surface area contributed by atoms with Crippen LogP contribution in [0.2, 0.25) is 0 Å². The van der Waals surface area contributed by atoms with Gasteiger partial charge in [-0.05, 0) is 74.4 Å². The quantitative estimate of drug-likeness (QED) is 0.133. The molecule has 2 heterocycles. The first-order valence-electron chi connectivity index (χ1n) is 15.4. The van der Waals surface area contributed by atoms with Crippen LogP contribution >= 0.6 is 0 Å². The number of sulfonamides is 1. The molecule has 0 spiro atoms. The van der Waals surface area contributed by atoms with Gasteiger partial charge in [-0.1, -0.05) is 30.3 Å². The second-order valence-electron chi connectivity index (χ2n) is 11.9. The van der Waals surface area contributed by atoms with Gasteiger partial charge < -0.3 is 34.1 Å². The maximum Gasteiger partial charge on any atom is 0.513 e. The number of aryl methyl sites for hydroxylation is 1. The average molecular weight is 665 g/mol. The number of carbonyl (C=O) groups excluding carboxylic acids is 2. The molecule has 12 nitrogen and oxygen atoms in total. The van der Waals surface area contributed by atoms with Gasteiger partial charge in [0.15, 0.2) is 0 Å². The number of anilines is 1. The van der Waals surface area contributed by atoms with Crippen molar-refractivity contribution in [1.29, 1.82) is 0 Å². The maximum atomic E-state index is 12.7. The molecule has 0 radical (unpaired) electrons. The minimum Gasteiger partial charge on any atom is -0.432 e. The van der Waals surface area contributed by atoms with Crippen LogP contribution in [0.25, 0.3) is 10.9 Å². The van der Waals surface area contributed by atoms with Crippen LogP contribution in [0.3, 0.4) is 0 Å². The van der Waals surface area contributed by atoms with Crippen molar-refractivity contribution in [1.82, 2.24) is 14.8 Å². The predicted molar refractivity (Wildman–Crippen MR) is 177 cm³/mol. The highest BCUT2D eigenvalue weighted by atomic mass is 32.2. The third-order valence-corrected chi connectivity index (χ3v) is 9.33. The third kappa shape index (κ3) is 9.32. The molecule has 4 aromatic rings. The molecule has 1 amide bonds. The lowest BCUT2D eigenvalue weighted by molar-refractivity contribution is -0.143. The Kier molecular flexibility index (Phi) is 10.8. The summed E-state index contributed by atoms with van der Waals surface area (Å²) in [5.74, 6) is 0.227. The van der Waals surface area contributed by atoms with E-state index in [9.17, 15) is 23.1 Å². The molecule has 1 fully saturated rings. The largest absolute Gasteiger partial charge is 0.513 e. The molecular weight excluding hydrogens is 624 g/mol. The van der Waals surface area contributed by atoms with E-state index < -0.39 is 22.3 Å². The molecule has 1 aliphatic rings. The fraction of sp³-hybridized carbons (Fsp3) is 0.353. The highest BCUT2D eigenvalue weighted by Crippen LogP contribution is 2.25. The summed E-state index contributed by atoms with van der Waals surface area (Å²) >= 11 is 0. The summed E-state index contributed by atoms with van der Waals surface area (Å²) in [6, 6.07) is 22.2. The number of β-amino-alcohol motifs (C(OH)–C–C–N with tert-alkyl or cyclic N) is 1. The van der Waals surface area contributed by atoms with E-state index in [2.05, 4.69) is 28.5 Å². The predicted octanol–water partition coefficient (Wildman–Crippen LogP) is 4.31. The first kappa shape index (κ1) is 33.9. The van der Waals surface area contributed by atoms with E-state index in [0.717, 1.165) is 17.3 Å². The van der Waals surface area contributed by atoms with Gasteiger partial charge in [0.05, 0.1) is 24.2 Å². The number of ether oxygens (including phenoxy) is 3. The number of nitrogens with zero attached hydrogens (tertiary/aromatic N) is 2. The van der Waals surface area contributed by atoms with E-state index in [4.69, 9.17) is 14.2 Å². The van der Waals surface area contributed by atoms with Gasteiger partial charge >= 0.3 is 6.16 Å². The number of benzene rings is 3. The van der Waals surface area contributed by atoms with Crippen molar-refractivity contribution in [3.8, 4) is 5.75 Å². The minimum absolute atomic E-state index is 0.0344. The lowest BCUT2D eigenvalue weighted by Crippen LogP contribution is -2.43. The van der Waals surface area contributed by atoms with Gasteiger partial charge in [0.1, 0.15) is 19.0 Å². The summed E-state index contributed by atoms with van der Waals surface area (Å²) in [7, 11) is -3.74. The number of fused-ring (bicyclic) bond motifs is 1. The molecular formula is C34H40N4O8S. The number of carbonyl (C=O) groups is 2. The minimum atomic E-state index is -3.74. The van der Waals surface area contributed by atoms with Crippen LogP contribution in [-0.2, 0) is 30.8 Å². The molecule has 1 aromatic heterocycles. The fourth-order valence-corrected chi connectivity index (χ4v) is 6.26. The van der Waals surface area contributed by atoms with E-state index in [1.165, 1.54) is 12.1 Å². The van der Waals surface area contributed by atoms with Gasteiger partial charge in [-0.3, -0.25) is 9.52 Å². The number of hydrogen-bond acceptors (Lipinski definition) is 9. The van der Waals surface area contributed by atoms with E-state index in [0.29, 0.717) is 36.7 Å². The summed E-state index contributed by atoms with van der Waals surface area (Å²) in [4.78, 5) is 25.7. The number of rotatable bonds is 14. The Labute approximate surface area is 274 Å². The molecule has 5 rings (SSSR count). The van der Waals surface area contributed by atoms with Gasteiger partial charge in [-0.15, -0.1) is 0 Å². The van der Waals surface area contributed by atoms with Crippen LogP contribution in [0, 0.1) is 0 Å². The topological polar surface area (TPSA) is 148 Å². The maximum absolute atomic E-state index is 12.7. The normalized spacial score (nSPS) is 14.6. The molecule has 1 atom stereocenters. The Hall–Kier alpha value is -4.43. The molecule has 0 saturated carbocycles. The van der Waals surface area contributed by atoms with Gasteiger partial charge in [-0.25, -0.2) is 13.2 Å². The number of hydrogen-bond donors (Lipinski definition) is 3. The molecule has 3 aromatic carbocycles. The van der Waals surface area contributed by atoms with Crippen molar-refractivity contribution in [3.63, 3.8) is 0 Å². The van der Waals surface area contributed by atoms with Gasteiger partial charge in [0.2, 0.25) is 5.91 Å². The zero-order valence-electron chi connectivity index (χ0n) is 26.4. The van der Waals surface area contributed by atoms with Crippen molar-refractivity contribution in [3.05, 3.63) is 90.6 Å². The van der Waals surface area contributed by atoms with Crippen LogP contribution in [-0.4, -0.2) is 80.0 Å². The van der Waals surface area contributed by atoms with Gasteiger partial charge in [-0.2, -0.15) is 0 Å². The zero-order chi connectivity index (χ0) is 33.4. The molecule has 1 saturated heterocycles. The number of aliphatic hydroxyl groups excluding tert-OH is 1. The lowest BCUT2D eigenvalue weighted by atomic mass is 9.99. The summed E-state index contributed by atoms with van der Waals surface area (Å²) < 4.78 is 45.7. The summed E-state index contributed by atoms with van der Waals surface area (Å²) in [5.41, 5.74) is 1.60. The van der Waals surface area contributed by atoms with Gasteiger partial charge in [0.25, 0.3) is 10.0 Å². The van der Waals surface area contributed by atoms with Crippen molar-refractivity contribution >= 4 is 38.7 Å². The second-order valence-corrected chi connectivity index (χ2v) is 13.6. The lowest BCUT2D eigenvalue weighted by Gasteiger charge is -2.28. The van der Waals surface area contributed by atoms with E-state index in [1.807, 2.05) is 18.3 Å². The highest BCUT2D eigenvalue weighted by molar-refractivity contribution is 7.92. The van der Waals surface area contributed by atoms with Crippen molar-refractivity contribution in [2.75, 3.05) is 44.2 Å². The van der Waals surface area contributed by atoms with Crippen LogP contribution in [0.5, 0.6) is 5.75 Å². The molecule has 250 valence electrons. The standard InChI is InChI=1S/C34H40N4O8S/c1-34(2,35-23-31(39)26-7-6-8-27(21-26)36-47(42,43)29-9-4-3-5-10-29)14-16-37-15-13-25-22-28(11-12-30(25)37)46-33(41)45-20-18-38-17-19-44-24-32(38)40/h3-13,15,21-22,31,35-36,39H,14,16-20,23-24H2,1-2H3/t31-/m0/s1. The number of amides is 1. The van der Waals surface area contributed by atoms with Crippen LogP contribution in [0.15, 0.2) is 90.0 Å². The van der Waals surface area contributed by atoms with E-state index in [-0.39, 0.29) is 42.6 Å².